The van der Waals surface area contributed by atoms with Crippen LogP contribution < -0.4 is 4.74 Å². The van der Waals surface area contributed by atoms with Gasteiger partial charge in [0, 0.05) is 29.2 Å². The third-order valence-corrected chi connectivity index (χ3v) is 3.72. The number of ether oxygens (including phenoxy) is 2. The van der Waals surface area contributed by atoms with Crippen molar-refractivity contribution in [2.75, 3.05) is 20.3 Å². The Balaban J connectivity index is 2.22. The summed E-state index contributed by atoms with van der Waals surface area (Å²) in [5.74, 6) is 0.967. The van der Waals surface area contributed by atoms with Crippen molar-refractivity contribution in [3.05, 3.63) is 28.2 Å². The lowest BCUT2D eigenvalue weighted by Gasteiger charge is -2.21. The number of hydrogen-bond acceptors (Lipinski definition) is 3. The second-order valence-corrected chi connectivity index (χ2v) is 4.95. The molecule has 0 spiro atoms. The van der Waals surface area contributed by atoms with Gasteiger partial charge in [0.1, 0.15) is 5.75 Å². The molecule has 0 aromatic heterocycles. The van der Waals surface area contributed by atoms with Gasteiger partial charge in [-0.25, -0.2) is 0 Å². The molecular formula is C13H15BrO3. The molecule has 4 heteroatoms. The zero-order valence-electron chi connectivity index (χ0n) is 9.74. The van der Waals surface area contributed by atoms with Crippen LogP contribution >= 0.6 is 15.9 Å². The minimum atomic E-state index is 0.0761. The van der Waals surface area contributed by atoms with Crippen LogP contribution in [-0.2, 0) is 4.74 Å². The highest BCUT2D eigenvalue weighted by molar-refractivity contribution is 9.10. The van der Waals surface area contributed by atoms with Crippen LogP contribution in [0.2, 0.25) is 0 Å². The molecule has 0 saturated carbocycles. The number of carbonyl (C=O) groups is 1. The van der Waals surface area contributed by atoms with Gasteiger partial charge in [0.2, 0.25) is 0 Å². The molecule has 0 amide bonds. The molecule has 2 rings (SSSR count). The lowest BCUT2D eigenvalue weighted by Crippen LogP contribution is -2.23. The Kier molecular flexibility index (Phi) is 4.18. The lowest BCUT2D eigenvalue weighted by atomic mass is 9.91. The monoisotopic (exact) mass is 298 g/mol. The first-order valence-corrected chi connectivity index (χ1v) is 6.47. The van der Waals surface area contributed by atoms with Crippen LogP contribution in [0.4, 0.5) is 0 Å². The molecule has 17 heavy (non-hydrogen) atoms. The normalized spacial score (nSPS) is 16.8. The van der Waals surface area contributed by atoms with Gasteiger partial charge in [-0.05, 0) is 31.0 Å². The maximum Gasteiger partial charge on any atom is 0.167 e. The summed E-state index contributed by atoms with van der Waals surface area (Å²) < 4.78 is 11.3. The third-order valence-electron chi connectivity index (χ3n) is 3.03. The summed E-state index contributed by atoms with van der Waals surface area (Å²) in [5.41, 5.74) is 0.705. The van der Waals surface area contributed by atoms with Crippen molar-refractivity contribution in [2.45, 2.75) is 12.8 Å². The SMILES string of the molecule is COc1ccc(Br)c(C(=O)C2CCOCC2)c1. The summed E-state index contributed by atoms with van der Waals surface area (Å²) >= 11 is 3.42. The van der Waals surface area contributed by atoms with Crippen molar-refractivity contribution in [1.29, 1.82) is 0 Å². The van der Waals surface area contributed by atoms with Gasteiger partial charge in [-0.3, -0.25) is 4.79 Å². The standard InChI is InChI=1S/C13H15BrO3/c1-16-10-2-3-12(14)11(8-10)13(15)9-4-6-17-7-5-9/h2-3,8-9H,4-7H2,1H3. The Hall–Kier alpha value is -0.870. The molecule has 92 valence electrons. The third kappa shape index (κ3) is 2.87. The number of halogens is 1. The summed E-state index contributed by atoms with van der Waals surface area (Å²) in [6.45, 7) is 1.36. The molecule has 1 aromatic rings. The Morgan fingerprint density at radius 3 is 2.76 bits per heavy atom. The van der Waals surface area contributed by atoms with Gasteiger partial charge in [0.25, 0.3) is 0 Å². The first-order valence-electron chi connectivity index (χ1n) is 5.68. The van der Waals surface area contributed by atoms with Gasteiger partial charge >= 0.3 is 0 Å². The first kappa shape index (κ1) is 12.6. The molecular weight excluding hydrogens is 284 g/mol. The van der Waals surface area contributed by atoms with Crippen molar-refractivity contribution in [3.63, 3.8) is 0 Å². The number of methoxy groups -OCH3 is 1. The zero-order chi connectivity index (χ0) is 12.3. The van der Waals surface area contributed by atoms with E-state index in [0.717, 1.165) is 17.3 Å². The van der Waals surface area contributed by atoms with Crippen molar-refractivity contribution in [1.82, 2.24) is 0 Å². The van der Waals surface area contributed by atoms with E-state index in [1.807, 2.05) is 12.1 Å². The van der Waals surface area contributed by atoms with Gasteiger partial charge in [-0.1, -0.05) is 15.9 Å². The Morgan fingerprint density at radius 1 is 1.41 bits per heavy atom. The fraction of sp³-hybridized carbons (Fsp3) is 0.462. The van der Waals surface area contributed by atoms with Gasteiger partial charge in [-0.2, -0.15) is 0 Å². The van der Waals surface area contributed by atoms with Gasteiger partial charge in [0.05, 0.1) is 7.11 Å². The Labute approximate surface area is 109 Å². The molecule has 1 fully saturated rings. The van der Waals surface area contributed by atoms with E-state index in [0.29, 0.717) is 24.5 Å². The van der Waals surface area contributed by atoms with E-state index in [1.54, 1.807) is 13.2 Å². The van der Waals surface area contributed by atoms with Crippen LogP contribution in [0.1, 0.15) is 23.2 Å². The van der Waals surface area contributed by atoms with Crippen LogP contribution in [0.25, 0.3) is 0 Å². The lowest BCUT2D eigenvalue weighted by molar-refractivity contribution is 0.0544. The predicted octanol–water partition coefficient (Wildman–Crippen LogP) is 3.07. The van der Waals surface area contributed by atoms with E-state index >= 15 is 0 Å². The Morgan fingerprint density at radius 2 is 2.12 bits per heavy atom. The molecule has 0 N–H and O–H groups in total. The largest absolute Gasteiger partial charge is 0.497 e. The highest BCUT2D eigenvalue weighted by Crippen LogP contribution is 2.28. The van der Waals surface area contributed by atoms with E-state index in [4.69, 9.17) is 9.47 Å². The molecule has 0 unspecified atom stereocenters. The molecule has 1 aromatic carbocycles. The predicted molar refractivity (Wildman–Crippen MR) is 68.6 cm³/mol. The van der Waals surface area contributed by atoms with Gasteiger partial charge in [-0.15, -0.1) is 0 Å². The number of hydrogen-bond donors (Lipinski definition) is 0. The van der Waals surface area contributed by atoms with E-state index in [-0.39, 0.29) is 11.7 Å². The molecule has 1 aliphatic rings. The number of ketones is 1. The van der Waals surface area contributed by atoms with Crippen LogP contribution in [-0.4, -0.2) is 26.1 Å². The molecule has 0 bridgehead atoms. The zero-order valence-corrected chi connectivity index (χ0v) is 11.3. The van der Waals surface area contributed by atoms with Crippen molar-refractivity contribution < 1.29 is 14.3 Å². The number of benzene rings is 1. The fourth-order valence-electron chi connectivity index (χ4n) is 2.00. The van der Waals surface area contributed by atoms with Crippen LogP contribution in [0.3, 0.4) is 0 Å². The van der Waals surface area contributed by atoms with E-state index in [9.17, 15) is 4.79 Å². The van der Waals surface area contributed by atoms with Crippen LogP contribution in [0.15, 0.2) is 22.7 Å². The minimum absolute atomic E-state index is 0.0761. The molecule has 3 nitrogen and oxygen atoms in total. The molecule has 1 heterocycles. The van der Waals surface area contributed by atoms with Crippen molar-refractivity contribution >= 4 is 21.7 Å². The molecule has 1 saturated heterocycles. The molecule has 0 atom stereocenters. The van der Waals surface area contributed by atoms with Gasteiger partial charge in [0.15, 0.2) is 5.78 Å². The Bertz CT molecular complexity index is 411. The summed E-state index contributed by atoms with van der Waals surface area (Å²) in [4.78, 5) is 12.3. The summed E-state index contributed by atoms with van der Waals surface area (Å²) in [5, 5.41) is 0. The second-order valence-electron chi connectivity index (χ2n) is 4.10. The van der Waals surface area contributed by atoms with Crippen molar-refractivity contribution in [2.24, 2.45) is 5.92 Å². The van der Waals surface area contributed by atoms with Gasteiger partial charge < -0.3 is 9.47 Å². The average Bonchev–Trinajstić information content (AvgIpc) is 2.39. The van der Waals surface area contributed by atoms with Crippen LogP contribution in [0, 0.1) is 5.92 Å². The number of rotatable bonds is 3. The highest BCUT2D eigenvalue weighted by atomic mass is 79.9. The molecule has 0 radical (unpaired) electrons. The number of carbonyl (C=O) groups excluding carboxylic acids is 1. The first-order chi connectivity index (χ1) is 8.22. The maximum absolute atomic E-state index is 12.3. The number of Topliss-reactive ketones (excluding diaryl/α,β-unsaturated/α-hetero) is 1. The van der Waals surface area contributed by atoms with E-state index in [2.05, 4.69) is 15.9 Å². The quantitative estimate of drug-likeness (QED) is 0.805. The highest BCUT2D eigenvalue weighted by Gasteiger charge is 2.24. The molecule has 1 aliphatic heterocycles. The summed E-state index contributed by atoms with van der Waals surface area (Å²) in [6.07, 6.45) is 1.62. The smallest absolute Gasteiger partial charge is 0.167 e. The van der Waals surface area contributed by atoms with Crippen LogP contribution in [0.5, 0.6) is 5.75 Å². The minimum Gasteiger partial charge on any atom is -0.497 e. The summed E-state index contributed by atoms with van der Waals surface area (Å²) in [6, 6.07) is 5.48. The average molecular weight is 299 g/mol. The second kappa shape index (κ2) is 5.65. The van der Waals surface area contributed by atoms with Crippen molar-refractivity contribution in [3.8, 4) is 5.75 Å². The summed E-state index contributed by atoms with van der Waals surface area (Å²) in [7, 11) is 1.60. The molecule has 0 aliphatic carbocycles. The maximum atomic E-state index is 12.3. The van der Waals surface area contributed by atoms with E-state index in [1.165, 1.54) is 0 Å². The van der Waals surface area contributed by atoms with E-state index < -0.39 is 0 Å². The topological polar surface area (TPSA) is 35.5 Å². The fourth-order valence-corrected chi connectivity index (χ4v) is 2.44.